The minimum Gasteiger partial charge on any atom is -0.366 e. The zero-order chi connectivity index (χ0) is 11.5. The van der Waals surface area contributed by atoms with Crippen molar-refractivity contribution in [3.8, 4) is 0 Å². The van der Waals surface area contributed by atoms with Crippen molar-refractivity contribution < 1.29 is 4.74 Å². The summed E-state index contributed by atoms with van der Waals surface area (Å²) in [5, 5.41) is 0. The Labute approximate surface area is 99.6 Å². The molecule has 16 heavy (non-hydrogen) atoms. The van der Waals surface area contributed by atoms with E-state index in [4.69, 9.17) is 4.74 Å². The van der Waals surface area contributed by atoms with Gasteiger partial charge in [-0.25, -0.2) is 0 Å². The SMILES string of the molecule is C/C=C1\C(CC)=C2CCCC[C@H]2O[C@@H]1CC. The minimum absolute atomic E-state index is 0.354. The highest BCUT2D eigenvalue weighted by atomic mass is 16.5. The quantitative estimate of drug-likeness (QED) is 0.670. The molecule has 2 atom stereocenters. The summed E-state index contributed by atoms with van der Waals surface area (Å²) in [5.41, 5.74) is 4.70. The fourth-order valence-electron chi connectivity index (χ4n) is 3.23. The van der Waals surface area contributed by atoms with Crippen LogP contribution in [-0.4, -0.2) is 12.2 Å². The third kappa shape index (κ3) is 1.98. The highest BCUT2D eigenvalue weighted by molar-refractivity contribution is 5.42. The number of ether oxygens (including phenoxy) is 1. The fraction of sp³-hybridized carbons (Fsp3) is 0.733. The van der Waals surface area contributed by atoms with Gasteiger partial charge in [-0.2, -0.15) is 0 Å². The molecular formula is C15H24O. The molecule has 90 valence electrons. The van der Waals surface area contributed by atoms with E-state index < -0.39 is 0 Å². The first kappa shape index (κ1) is 11.9. The molecule has 0 N–H and O–H groups in total. The molecule has 1 heteroatoms. The zero-order valence-electron chi connectivity index (χ0n) is 10.9. The molecule has 0 aromatic rings. The number of hydrogen-bond acceptors (Lipinski definition) is 1. The summed E-state index contributed by atoms with van der Waals surface area (Å²) in [7, 11) is 0. The number of fused-ring (bicyclic) bond motifs is 1. The molecule has 1 nitrogen and oxygen atoms in total. The van der Waals surface area contributed by atoms with Gasteiger partial charge < -0.3 is 4.74 Å². The van der Waals surface area contributed by atoms with Crippen LogP contribution in [0.25, 0.3) is 0 Å². The van der Waals surface area contributed by atoms with Crippen molar-refractivity contribution in [2.75, 3.05) is 0 Å². The van der Waals surface area contributed by atoms with Crippen molar-refractivity contribution in [2.24, 2.45) is 0 Å². The van der Waals surface area contributed by atoms with Gasteiger partial charge in [-0.15, -0.1) is 0 Å². The minimum atomic E-state index is 0.354. The van der Waals surface area contributed by atoms with Crippen LogP contribution in [0, 0.1) is 0 Å². The average Bonchev–Trinajstić information content (AvgIpc) is 2.36. The summed E-state index contributed by atoms with van der Waals surface area (Å²) in [4.78, 5) is 0. The first-order chi connectivity index (χ1) is 7.81. The molecule has 0 amide bonds. The molecule has 1 saturated carbocycles. The van der Waals surface area contributed by atoms with Gasteiger partial charge in [-0.3, -0.25) is 0 Å². The lowest BCUT2D eigenvalue weighted by atomic mass is 9.80. The predicted octanol–water partition coefficient (Wildman–Crippen LogP) is 4.39. The van der Waals surface area contributed by atoms with Crippen LogP contribution in [0.4, 0.5) is 0 Å². The van der Waals surface area contributed by atoms with E-state index in [0.717, 1.165) is 6.42 Å². The lowest BCUT2D eigenvalue weighted by Gasteiger charge is -2.38. The highest BCUT2D eigenvalue weighted by Crippen LogP contribution is 2.40. The molecule has 0 aromatic carbocycles. The van der Waals surface area contributed by atoms with E-state index in [1.165, 1.54) is 37.7 Å². The van der Waals surface area contributed by atoms with Gasteiger partial charge in [0.2, 0.25) is 0 Å². The second-order valence-electron chi connectivity index (χ2n) is 4.87. The molecule has 0 saturated heterocycles. The van der Waals surface area contributed by atoms with E-state index in [9.17, 15) is 0 Å². The number of hydrogen-bond donors (Lipinski definition) is 0. The van der Waals surface area contributed by atoms with Crippen molar-refractivity contribution >= 4 is 0 Å². The summed E-state index contributed by atoms with van der Waals surface area (Å²) >= 11 is 0. The van der Waals surface area contributed by atoms with Gasteiger partial charge >= 0.3 is 0 Å². The Morgan fingerprint density at radius 1 is 1.31 bits per heavy atom. The summed E-state index contributed by atoms with van der Waals surface area (Å²) in [6.07, 6.45) is 10.5. The van der Waals surface area contributed by atoms with Crippen molar-refractivity contribution in [1.29, 1.82) is 0 Å². The molecule has 0 spiro atoms. The third-order valence-electron chi connectivity index (χ3n) is 4.00. The molecule has 2 rings (SSSR count). The van der Waals surface area contributed by atoms with E-state index in [1.807, 2.05) is 0 Å². The molecule has 1 fully saturated rings. The summed E-state index contributed by atoms with van der Waals surface area (Å²) in [5.74, 6) is 0. The van der Waals surface area contributed by atoms with Crippen LogP contribution in [0.15, 0.2) is 22.8 Å². The van der Waals surface area contributed by atoms with Crippen LogP contribution in [0.5, 0.6) is 0 Å². The van der Waals surface area contributed by atoms with Crippen molar-refractivity contribution in [2.45, 2.75) is 71.5 Å². The first-order valence-corrected chi connectivity index (χ1v) is 6.85. The Morgan fingerprint density at radius 2 is 2.12 bits per heavy atom. The van der Waals surface area contributed by atoms with Crippen LogP contribution in [0.1, 0.15) is 59.3 Å². The maximum atomic E-state index is 6.25. The van der Waals surface area contributed by atoms with Crippen LogP contribution in [-0.2, 0) is 4.74 Å². The topological polar surface area (TPSA) is 9.23 Å². The van der Waals surface area contributed by atoms with E-state index in [1.54, 1.807) is 11.1 Å². The summed E-state index contributed by atoms with van der Waals surface area (Å²) in [6, 6.07) is 0. The largest absolute Gasteiger partial charge is 0.366 e. The molecular weight excluding hydrogens is 196 g/mol. The molecule has 1 heterocycles. The average molecular weight is 220 g/mol. The third-order valence-corrected chi connectivity index (χ3v) is 4.00. The van der Waals surface area contributed by atoms with E-state index >= 15 is 0 Å². The van der Waals surface area contributed by atoms with Crippen molar-refractivity contribution in [1.82, 2.24) is 0 Å². The van der Waals surface area contributed by atoms with Gasteiger partial charge in [0.25, 0.3) is 0 Å². The van der Waals surface area contributed by atoms with Gasteiger partial charge in [-0.05, 0) is 55.7 Å². The van der Waals surface area contributed by atoms with Crippen molar-refractivity contribution in [3.05, 3.63) is 22.8 Å². The molecule has 1 aliphatic carbocycles. The summed E-state index contributed by atoms with van der Waals surface area (Å²) < 4.78 is 6.25. The molecule has 0 unspecified atom stereocenters. The highest BCUT2D eigenvalue weighted by Gasteiger charge is 2.32. The Morgan fingerprint density at radius 3 is 2.75 bits per heavy atom. The van der Waals surface area contributed by atoms with Gasteiger partial charge in [-0.1, -0.05) is 26.3 Å². The standard InChI is InChI=1S/C15H24O/c1-4-11-12(5-2)14(6-3)16-15-10-8-7-9-13(11)15/h5,14-15H,4,6-10H2,1-3H3/b12-5+/t14-,15-/m1/s1. The van der Waals surface area contributed by atoms with Gasteiger partial charge in [0, 0.05) is 0 Å². The summed E-state index contributed by atoms with van der Waals surface area (Å²) in [6.45, 7) is 6.67. The molecule has 2 aliphatic rings. The lowest BCUT2D eigenvalue weighted by Crippen LogP contribution is -2.33. The Kier molecular flexibility index (Phi) is 3.86. The Balaban J connectivity index is 2.37. The van der Waals surface area contributed by atoms with E-state index in [0.29, 0.717) is 12.2 Å². The second-order valence-corrected chi connectivity index (χ2v) is 4.87. The van der Waals surface area contributed by atoms with E-state index in [2.05, 4.69) is 26.8 Å². The van der Waals surface area contributed by atoms with Crippen LogP contribution in [0.2, 0.25) is 0 Å². The van der Waals surface area contributed by atoms with E-state index in [-0.39, 0.29) is 0 Å². The van der Waals surface area contributed by atoms with Gasteiger partial charge in [0.15, 0.2) is 0 Å². The zero-order valence-corrected chi connectivity index (χ0v) is 10.9. The Hall–Kier alpha value is -0.560. The van der Waals surface area contributed by atoms with Crippen LogP contribution < -0.4 is 0 Å². The van der Waals surface area contributed by atoms with Gasteiger partial charge in [0.1, 0.15) is 0 Å². The number of allylic oxidation sites excluding steroid dienone is 1. The van der Waals surface area contributed by atoms with Gasteiger partial charge in [0.05, 0.1) is 12.2 Å². The first-order valence-electron chi connectivity index (χ1n) is 6.85. The predicted molar refractivity (Wildman–Crippen MR) is 68.5 cm³/mol. The maximum Gasteiger partial charge on any atom is 0.0830 e. The monoisotopic (exact) mass is 220 g/mol. The Bertz CT molecular complexity index is 311. The van der Waals surface area contributed by atoms with Crippen LogP contribution >= 0.6 is 0 Å². The maximum absolute atomic E-state index is 6.25. The molecule has 0 bridgehead atoms. The molecule has 1 aliphatic heterocycles. The van der Waals surface area contributed by atoms with Crippen molar-refractivity contribution in [3.63, 3.8) is 0 Å². The second kappa shape index (κ2) is 5.18. The molecule has 0 radical (unpaired) electrons. The normalized spacial score (nSPS) is 33.1. The fourth-order valence-corrected chi connectivity index (χ4v) is 3.23. The lowest BCUT2D eigenvalue weighted by molar-refractivity contribution is 0.00478. The number of rotatable bonds is 2. The molecule has 0 aromatic heterocycles. The van der Waals surface area contributed by atoms with Crippen LogP contribution in [0.3, 0.4) is 0 Å². The smallest absolute Gasteiger partial charge is 0.0830 e.